The molecule has 1 aliphatic rings. The van der Waals surface area contributed by atoms with E-state index >= 15 is 0 Å². The van der Waals surface area contributed by atoms with Crippen LogP contribution in [-0.2, 0) is 9.53 Å². The van der Waals surface area contributed by atoms with Gasteiger partial charge >= 0.3 is 5.97 Å². The zero-order valence-electron chi connectivity index (χ0n) is 8.67. The second-order valence-electron chi connectivity index (χ2n) is 4.62. The molecule has 3 nitrogen and oxygen atoms in total. The van der Waals surface area contributed by atoms with Gasteiger partial charge in [-0.25, -0.2) is 0 Å². The van der Waals surface area contributed by atoms with Crippen molar-refractivity contribution in [3.8, 4) is 0 Å². The van der Waals surface area contributed by atoms with Gasteiger partial charge in [-0.1, -0.05) is 12.8 Å². The van der Waals surface area contributed by atoms with Crippen LogP contribution in [0.25, 0.3) is 0 Å². The molecule has 0 amide bonds. The number of carbonyl (C=O) groups excluding carboxylic acids is 1. The summed E-state index contributed by atoms with van der Waals surface area (Å²) in [6, 6.07) is -0.515. The Labute approximate surface area is 79.6 Å². The van der Waals surface area contributed by atoms with Gasteiger partial charge in [-0.15, -0.1) is 0 Å². The lowest BCUT2D eigenvalue weighted by atomic mass is 10.0. The molecule has 0 spiro atoms. The average molecular weight is 185 g/mol. The first kappa shape index (κ1) is 10.5. The van der Waals surface area contributed by atoms with Crippen LogP contribution in [0, 0.1) is 5.92 Å². The van der Waals surface area contributed by atoms with E-state index in [0.29, 0.717) is 0 Å². The molecule has 0 radical (unpaired) electrons. The zero-order chi connectivity index (χ0) is 10.1. The van der Waals surface area contributed by atoms with Crippen LogP contribution in [0.3, 0.4) is 0 Å². The minimum atomic E-state index is -0.515. The summed E-state index contributed by atoms with van der Waals surface area (Å²) in [5.41, 5.74) is 5.07. The third-order valence-corrected chi connectivity index (χ3v) is 2.23. The Kier molecular flexibility index (Phi) is 2.96. The predicted molar refractivity (Wildman–Crippen MR) is 51.2 cm³/mol. The molecule has 0 aromatic heterocycles. The van der Waals surface area contributed by atoms with Crippen LogP contribution in [0.2, 0.25) is 0 Å². The third kappa shape index (κ3) is 3.77. The van der Waals surface area contributed by atoms with Gasteiger partial charge in [-0.2, -0.15) is 0 Å². The third-order valence-electron chi connectivity index (χ3n) is 2.23. The summed E-state index contributed by atoms with van der Waals surface area (Å²) in [5, 5.41) is 0. The highest BCUT2D eigenvalue weighted by molar-refractivity contribution is 5.75. The molecule has 1 atom stereocenters. The smallest absolute Gasteiger partial charge is 0.323 e. The summed E-state index contributed by atoms with van der Waals surface area (Å²) in [5.74, 6) is 0.460. The number of nitrogens with two attached hydrogens (primary N) is 1. The molecule has 1 fully saturated rings. The van der Waals surface area contributed by atoms with Gasteiger partial charge in [0.15, 0.2) is 0 Å². The molecule has 3 heteroatoms. The number of ether oxygens (including phenoxy) is 1. The predicted octanol–water partition coefficient (Wildman–Crippen LogP) is 1.46. The van der Waals surface area contributed by atoms with Crippen molar-refractivity contribution in [2.45, 2.75) is 51.7 Å². The van der Waals surface area contributed by atoms with Crippen molar-refractivity contribution in [3.05, 3.63) is 0 Å². The summed E-state index contributed by atoms with van der Waals surface area (Å²) < 4.78 is 5.29. The second kappa shape index (κ2) is 3.66. The molecule has 0 aromatic carbocycles. The Morgan fingerprint density at radius 2 is 2.15 bits per heavy atom. The second-order valence-corrected chi connectivity index (χ2v) is 4.62. The van der Waals surface area contributed by atoms with Crippen molar-refractivity contribution in [3.63, 3.8) is 0 Å². The van der Waals surface area contributed by atoms with Crippen LogP contribution in [0.1, 0.15) is 40.0 Å². The van der Waals surface area contributed by atoms with Crippen LogP contribution in [0.15, 0.2) is 0 Å². The molecule has 1 aliphatic carbocycles. The Hall–Kier alpha value is -0.570. The van der Waals surface area contributed by atoms with Crippen LogP contribution in [0.5, 0.6) is 0 Å². The van der Waals surface area contributed by atoms with E-state index in [1.807, 2.05) is 13.8 Å². The standard InChI is InChI=1S/C10H19NO2/c1-7(11)9(12)13-10(2,3)6-8-4-5-8/h7-8H,4-6,11H2,1-3H3/t7-/m0/s1. The highest BCUT2D eigenvalue weighted by atomic mass is 16.6. The minimum Gasteiger partial charge on any atom is -0.459 e. The number of carbonyl (C=O) groups is 1. The van der Waals surface area contributed by atoms with E-state index in [1.165, 1.54) is 12.8 Å². The maximum Gasteiger partial charge on any atom is 0.323 e. The lowest BCUT2D eigenvalue weighted by Crippen LogP contribution is -2.37. The molecular weight excluding hydrogens is 166 g/mol. The van der Waals surface area contributed by atoms with Crippen molar-refractivity contribution in [2.75, 3.05) is 0 Å². The van der Waals surface area contributed by atoms with Crippen molar-refractivity contribution in [1.29, 1.82) is 0 Å². The lowest BCUT2D eigenvalue weighted by Gasteiger charge is -2.26. The van der Waals surface area contributed by atoms with Crippen LogP contribution in [0.4, 0.5) is 0 Å². The summed E-state index contributed by atoms with van der Waals surface area (Å²) in [6.07, 6.45) is 3.52. The molecule has 2 N–H and O–H groups in total. The Morgan fingerprint density at radius 3 is 2.54 bits per heavy atom. The highest BCUT2D eigenvalue weighted by Crippen LogP contribution is 2.37. The molecule has 0 bridgehead atoms. The van der Waals surface area contributed by atoms with Gasteiger partial charge in [0.1, 0.15) is 11.6 Å². The molecule has 0 unspecified atom stereocenters. The first-order valence-corrected chi connectivity index (χ1v) is 4.89. The SMILES string of the molecule is C[C@H](N)C(=O)OC(C)(C)CC1CC1. The molecular formula is C10H19NO2. The number of hydrogen-bond donors (Lipinski definition) is 1. The first-order valence-electron chi connectivity index (χ1n) is 4.89. The van der Waals surface area contributed by atoms with Crippen molar-refractivity contribution >= 4 is 5.97 Å². The number of hydrogen-bond acceptors (Lipinski definition) is 3. The molecule has 0 heterocycles. The zero-order valence-corrected chi connectivity index (χ0v) is 8.67. The fraction of sp³-hybridized carbons (Fsp3) is 0.900. The molecule has 1 rings (SSSR count). The fourth-order valence-corrected chi connectivity index (χ4v) is 1.42. The monoisotopic (exact) mass is 185 g/mol. The van der Waals surface area contributed by atoms with E-state index in [4.69, 9.17) is 10.5 Å². The lowest BCUT2D eigenvalue weighted by molar-refractivity contribution is -0.158. The number of rotatable bonds is 4. The summed E-state index contributed by atoms with van der Waals surface area (Å²) in [7, 11) is 0. The number of esters is 1. The summed E-state index contributed by atoms with van der Waals surface area (Å²) in [4.78, 5) is 11.2. The molecule has 13 heavy (non-hydrogen) atoms. The van der Waals surface area contributed by atoms with Crippen LogP contribution < -0.4 is 5.73 Å². The fourth-order valence-electron chi connectivity index (χ4n) is 1.42. The van der Waals surface area contributed by atoms with E-state index in [9.17, 15) is 4.79 Å². The van der Waals surface area contributed by atoms with E-state index < -0.39 is 6.04 Å². The maximum absolute atomic E-state index is 11.2. The Bertz CT molecular complexity index is 195. The highest BCUT2D eigenvalue weighted by Gasteiger charge is 2.33. The van der Waals surface area contributed by atoms with E-state index in [1.54, 1.807) is 6.92 Å². The van der Waals surface area contributed by atoms with Gasteiger partial charge in [-0.3, -0.25) is 4.79 Å². The minimum absolute atomic E-state index is 0.300. The first-order chi connectivity index (χ1) is 5.91. The summed E-state index contributed by atoms with van der Waals surface area (Å²) in [6.45, 7) is 5.55. The van der Waals surface area contributed by atoms with Crippen molar-refractivity contribution in [2.24, 2.45) is 11.7 Å². The van der Waals surface area contributed by atoms with Crippen LogP contribution in [-0.4, -0.2) is 17.6 Å². The van der Waals surface area contributed by atoms with Gasteiger partial charge in [0, 0.05) is 0 Å². The van der Waals surface area contributed by atoms with Crippen LogP contribution >= 0.6 is 0 Å². The van der Waals surface area contributed by atoms with Gasteiger partial charge in [-0.05, 0) is 33.1 Å². The van der Waals surface area contributed by atoms with Gasteiger partial charge in [0.25, 0.3) is 0 Å². The molecule has 76 valence electrons. The van der Waals surface area contributed by atoms with Gasteiger partial charge in [0.2, 0.25) is 0 Å². The van der Waals surface area contributed by atoms with Gasteiger partial charge < -0.3 is 10.5 Å². The quantitative estimate of drug-likeness (QED) is 0.674. The Balaban J connectivity index is 2.35. The molecule has 0 saturated heterocycles. The normalized spacial score (nSPS) is 19.7. The largest absolute Gasteiger partial charge is 0.459 e. The van der Waals surface area contributed by atoms with Gasteiger partial charge in [0.05, 0.1) is 0 Å². The summed E-state index contributed by atoms with van der Waals surface area (Å²) >= 11 is 0. The Morgan fingerprint density at radius 1 is 1.62 bits per heavy atom. The van der Waals surface area contributed by atoms with Crippen molar-refractivity contribution < 1.29 is 9.53 Å². The van der Waals surface area contributed by atoms with Crippen molar-refractivity contribution in [1.82, 2.24) is 0 Å². The molecule has 0 aliphatic heterocycles. The maximum atomic E-state index is 11.2. The molecule has 0 aromatic rings. The topological polar surface area (TPSA) is 52.3 Å². The van der Waals surface area contributed by atoms with E-state index in [2.05, 4.69) is 0 Å². The van der Waals surface area contributed by atoms with E-state index in [-0.39, 0.29) is 11.6 Å². The van der Waals surface area contributed by atoms with E-state index in [0.717, 1.165) is 12.3 Å². The average Bonchev–Trinajstić information content (AvgIpc) is 2.69. The molecule has 1 saturated carbocycles.